The van der Waals surface area contributed by atoms with Crippen LogP contribution in [0.4, 0.5) is 4.39 Å². The summed E-state index contributed by atoms with van der Waals surface area (Å²) in [7, 11) is -0.963. The highest BCUT2D eigenvalue weighted by Gasteiger charge is 2.52. The summed E-state index contributed by atoms with van der Waals surface area (Å²) in [5.74, 6) is -2.35. The van der Waals surface area contributed by atoms with E-state index < -0.39 is 35.7 Å². The summed E-state index contributed by atoms with van der Waals surface area (Å²) < 4.78 is 25.7. The fourth-order valence-electron chi connectivity index (χ4n) is 1.92. The first kappa shape index (κ1) is 15.3. The van der Waals surface area contributed by atoms with E-state index in [-0.39, 0.29) is 10.5 Å². The molecular weight excluding hydrogens is 285 g/mol. The highest BCUT2D eigenvalue weighted by molar-refractivity contribution is 6.62. The van der Waals surface area contributed by atoms with Crippen molar-refractivity contribution in [3.05, 3.63) is 28.5 Å². The van der Waals surface area contributed by atoms with Crippen molar-refractivity contribution in [2.75, 3.05) is 0 Å². The van der Waals surface area contributed by atoms with Crippen molar-refractivity contribution in [2.45, 2.75) is 38.9 Å². The molecule has 1 aliphatic rings. The molecule has 0 atom stereocenters. The molecule has 1 heterocycles. The van der Waals surface area contributed by atoms with E-state index in [1.54, 1.807) is 0 Å². The zero-order valence-corrected chi connectivity index (χ0v) is 12.4. The Hall–Kier alpha value is -1.11. The summed E-state index contributed by atoms with van der Waals surface area (Å²) in [6.45, 7) is 7.33. The Balaban J connectivity index is 2.46. The van der Waals surface area contributed by atoms with Gasteiger partial charge in [-0.15, -0.1) is 0 Å². The van der Waals surface area contributed by atoms with Crippen molar-refractivity contribution in [2.24, 2.45) is 0 Å². The van der Waals surface area contributed by atoms with Gasteiger partial charge in [0.05, 0.1) is 16.2 Å². The third kappa shape index (κ3) is 2.32. The molecule has 0 aromatic heterocycles. The first-order chi connectivity index (χ1) is 9.07. The van der Waals surface area contributed by atoms with Crippen LogP contribution in [0.15, 0.2) is 12.1 Å². The normalized spacial score (nSPS) is 20.2. The Morgan fingerprint density at radius 1 is 1.25 bits per heavy atom. The predicted molar refractivity (Wildman–Crippen MR) is 74.1 cm³/mol. The molecule has 0 aliphatic carbocycles. The molecule has 108 valence electrons. The topological polar surface area (TPSA) is 55.8 Å². The largest absolute Gasteiger partial charge is 0.497 e. The average Bonchev–Trinajstić information content (AvgIpc) is 2.47. The first-order valence-electron chi connectivity index (χ1n) is 6.13. The van der Waals surface area contributed by atoms with E-state index in [0.717, 1.165) is 0 Å². The molecule has 4 nitrogen and oxygen atoms in total. The second kappa shape index (κ2) is 4.72. The molecule has 20 heavy (non-hydrogen) atoms. The number of carboxylic acids is 1. The van der Waals surface area contributed by atoms with Gasteiger partial charge >= 0.3 is 13.1 Å². The van der Waals surface area contributed by atoms with E-state index in [1.807, 2.05) is 27.7 Å². The zero-order valence-electron chi connectivity index (χ0n) is 11.7. The summed E-state index contributed by atoms with van der Waals surface area (Å²) in [4.78, 5) is 11.1. The molecule has 1 saturated heterocycles. The molecule has 0 bridgehead atoms. The second-order valence-electron chi connectivity index (χ2n) is 5.72. The number of hydrogen-bond acceptors (Lipinski definition) is 3. The van der Waals surface area contributed by atoms with Gasteiger partial charge in [-0.05, 0) is 33.8 Å². The van der Waals surface area contributed by atoms with Crippen LogP contribution in [-0.2, 0) is 9.31 Å². The molecule has 0 saturated carbocycles. The molecular formula is C13H15BClFO4. The van der Waals surface area contributed by atoms with Crippen LogP contribution in [0.5, 0.6) is 0 Å². The fourth-order valence-corrected chi connectivity index (χ4v) is 2.14. The Morgan fingerprint density at radius 3 is 2.20 bits per heavy atom. The molecule has 1 aromatic carbocycles. The van der Waals surface area contributed by atoms with Gasteiger partial charge in [-0.1, -0.05) is 17.7 Å². The van der Waals surface area contributed by atoms with Crippen LogP contribution in [0.25, 0.3) is 0 Å². The van der Waals surface area contributed by atoms with Crippen LogP contribution >= 0.6 is 11.6 Å². The lowest BCUT2D eigenvalue weighted by Gasteiger charge is -2.32. The van der Waals surface area contributed by atoms with Gasteiger partial charge in [-0.25, -0.2) is 9.18 Å². The summed E-state index contributed by atoms with van der Waals surface area (Å²) in [6, 6.07) is 2.71. The zero-order chi connectivity index (χ0) is 15.3. The highest BCUT2D eigenvalue weighted by Crippen LogP contribution is 2.37. The number of carboxylic acid groups (broad SMARTS) is 1. The van der Waals surface area contributed by atoms with Gasteiger partial charge in [0, 0.05) is 5.46 Å². The minimum absolute atomic E-state index is 0.0328. The lowest BCUT2D eigenvalue weighted by molar-refractivity contribution is 0.00578. The predicted octanol–water partition coefficient (Wildman–Crippen LogP) is 2.48. The van der Waals surface area contributed by atoms with Crippen LogP contribution < -0.4 is 5.46 Å². The number of carbonyl (C=O) groups is 1. The fraction of sp³-hybridized carbons (Fsp3) is 0.462. The van der Waals surface area contributed by atoms with Crippen LogP contribution in [0.2, 0.25) is 5.02 Å². The molecule has 0 spiro atoms. The van der Waals surface area contributed by atoms with Crippen molar-refractivity contribution >= 4 is 30.2 Å². The maximum absolute atomic E-state index is 14.3. The minimum atomic E-state index is -1.43. The van der Waals surface area contributed by atoms with E-state index in [9.17, 15) is 9.18 Å². The molecule has 1 N–H and O–H groups in total. The standard InChI is InChI=1S/C13H15BClFO4/c1-12(2)13(3,4)20-14(19-12)7-5-6-8(15)9(10(7)16)11(17)18/h5-6H,1-4H3,(H,17,18). The number of halogens is 2. The van der Waals surface area contributed by atoms with Crippen LogP contribution in [0.1, 0.15) is 38.1 Å². The van der Waals surface area contributed by atoms with E-state index in [4.69, 9.17) is 26.0 Å². The number of rotatable bonds is 2. The molecule has 1 aromatic rings. The molecule has 0 unspecified atom stereocenters. The maximum Gasteiger partial charge on any atom is 0.497 e. The minimum Gasteiger partial charge on any atom is -0.478 e. The van der Waals surface area contributed by atoms with Crippen molar-refractivity contribution in [3.63, 3.8) is 0 Å². The van der Waals surface area contributed by atoms with Crippen LogP contribution in [-0.4, -0.2) is 29.4 Å². The summed E-state index contributed by atoms with van der Waals surface area (Å²) in [5.41, 5.74) is -1.80. The number of hydrogen-bond donors (Lipinski definition) is 1. The SMILES string of the molecule is CC1(C)OB(c2ccc(Cl)c(C(=O)O)c2F)OC1(C)C. The van der Waals surface area contributed by atoms with Crippen molar-refractivity contribution in [1.29, 1.82) is 0 Å². The maximum atomic E-state index is 14.3. The summed E-state index contributed by atoms with van der Waals surface area (Å²) >= 11 is 5.71. The van der Waals surface area contributed by atoms with E-state index in [0.29, 0.717) is 0 Å². The Morgan fingerprint density at radius 2 is 1.75 bits per heavy atom. The van der Waals surface area contributed by atoms with Crippen molar-refractivity contribution in [1.82, 2.24) is 0 Å². The third-order valence-corrected chi connectivity index (χ3v) is 4.16. The Labute approximate surface area is 122 Å². The van der Waals surface area contributed by atoms with Gasteiger partial charge in [0.1, 0.15) is 11.4 Å². The monoisotopic (exact) mass is 300 g/mol. The van der Waals surface area contributed by atoms with Gasteiger partial charge in [0.25, 0.3) is 0 Å². The summed E-state index contributed by atoms with van der Waals surface area (Å²) in [5, 5.41) is 8.86. The van der Waals surface area contributed by atoms with Crippen molar-refractivity contribution in [3.8, 4) is 0 Å². The number of benzene rings is 1. The molecule has 7 heteroatoms. The number of aromatic carboxylic acids is 1. The van der Waals surface area contributed by atoms with E-state index in [2.05, 4.69) is 0 Å². The second-order valence-corrected chi connectivity index (χ2v) is 6.13. The molecule has 0 radical (unpaired) electrons. The van der Waals surface area contributed by atoms with Gasteiger partial charge in [0.2, 0.25) is 0 Å². The molecule has 2 rings (SSSR count). The average molecular weight is 301 g/mol. The van der Waals surface area contributed by atoms with Gasteiger partial charge < -0.3 is 14.4 Å². The first-order valence-corrected chi connectivity index (χ1v) is 6.51. The molecule has 1 aliphatic heterocycles. The quantitative estimate of drug-likeness (QED) is 0.853. The van der Waals surface area contributed by atoms with Gasteiger partial charge in [-0.2, -0.15) is 0 Å². The van der Waals surface area contributed by atoms with Crippen LogP contribution in [0, 0.1) is 5.82 Å². The Kier molecular flexibility index (Phi) is 3.61. The van der Waals surface area contributed by atoms with E-state index >= 15 is 0 Å². The van der Waals surface area contributed by atoms with Gasteiger partial charge in [0.15, 0.2) is 0 Å². The van der Waals surface area contributed by atoms with Crippen LogP contribution in [0.3, 0.4) is 0 Å². The lowest BCUT2D eigenvalue weighted by atomic mass is 9.78. The van der Waals surface area contributed by atoms with Gasteiger partial charge in [-0.3, -0.25) is 0 Å². The Bertz CT molecular complexity index is 558. The third-order valence-electron chi connectivity index (χ3n) is 3.84. The van der Waals surface area contributed by atoms with E-state index in [1.165, 1.54) is 12.1 Å². The smallest absolute Gasteiger partial charge is 0.478 e. The summed E-state index contributed by atoms with van der Waals surface area (Å²) in [6.07, 6.45) is 0. The van der Waals surface area contributed by atoms with Crippen molar-refractivity contribution < 1.29 is 23.6 Å². The highest BCUT2D eigenvalue weighted by atomic mass is 35.5. The molecule has 0 amide bonds. The lowest BCUT2D eigenvalue weighted by Crippen LogP contribution is -2.41. The molecule has 1 fully saturated rings.